The van der Waals surface area contributed by atoms with Crippen molar-refractivity contribution < 1.29 is 9.18 Å². The first-order chi connectivity index (χ1) is 12.1. The zero-order valence-electron chi connectivity index (χ0n) is 13.8. The van der Waals surface area contributed by atoms with Crippen LogP contribution in [0, 0.1) is 5.82 Å². The first-order valence-corrected chi connectivity index (χ1v) is 8.78. The fraction of sp³-hybridized carbons (Fsp3) is 0.389. The van der Waals surface area contributed by atoms with E-state index in [4.69, 9.17) is 11.6 Å². The lowest BCUT2D eigenvalue weighted by molar-refractivity contribution is -0.120. The molecular weight excluding hydrogens is 343 g/mol. The Morgan fingerprint density at radius 3 is 2.80 bits per heavy atom. The van der Waals surface area contributed by atoms with Crippen molar-refractivity contribution in [1.29, 1.82) is 0 Å². The Morgan fingerprint density at radius 1 is 1.24 bits per heavy atom. The van der Waals surface area contributed by atoms with Crippen LogP contribution in [0.25, 0.3) is 0 Å². The van der Waals surface area contributed by atoms with Crippen LogP contribution in [0.2, 0.25) is 5.02 Å². The van der Waals surface area contributed by atoms with Crippen molar-refractivity contribution in [3.8, 4) is 0 Å². The van der Waals surface area contributed by atoms with Crippen LogP contribution >= 0.6 is 11.6 Å². The highest BCUT2D eigenvalue weighted by Crippen LogP contribution is 2.19. The van der Waals surface area contributed by atoms with Gasteiger partial charge in [0.25, 0.3) is 0 Å². The van der Waals surface area contributed by atoms with Crippen LogP contribution in [0.5, 0.6) is 0 Å². The zero-order valence-corrected chi connectivity index (χ0v) is 14.6. The molecule has 2 heterocycles. The topological polar surface area (TPSA) is 58.1 Å². The maximum atomic E-state index is 13.7. The van der Waals surface area contributed by atoms with Crippen LogP contribution in [0.1, 0.15) is 30.7 Å². The van der Waals surface area contributed by atoms with E-state index < -0.39 is 5.82 Å². The van der Waals surface area contributed by atoms with Crippen molar-refractivity contribution in [3.63, 3.8) is 0 Å². The number of benzene rings is 1. The molecule has 0 bridgehead atoms. The van der Waals surface area contributed by atoms with E-state index in [1.807, 2.05) is 6.07 Å². The molecule has 0 spiro atoms. The van der Waals surface area contributed by atoms with E-state index in [0.717, 1.165) is 18.9 Å². The van der Waals surface area contributed by atoms with Crippen molar-refractivity contribution in [1.82, 2.24) is 15.3 Å². The molecule has 1 fully saturated rings. The maximum Gasteiger partial charge on any atom is 0.224 e. The van der Waals surface area contributed by atoms with Gasteiger partial charge in [0.1, 0.15) is 17.5 Å². The van der Waals surface area contributed by atoms with Gasteiger partial charge in [-0.25, -0.2) is 14.4 Å². The first-order valence-electron chi connectivity index (χ1n) is 8.40. The van der Waals surface area contributed by atoms with E-state index in [9.17, 15) is 9.18 Å². The van der Waals surface area contributed by atoms with Gasteiger partial charge in [-0.3, -0.25) is 4.79 Å². The number of nitrogens with one attached hydrogen (secondary N) is 1. The summed E-state index contributed by atoms with van der Waals surface area (Å²) in [6.07, 6.45) is 5.17. The van der Waals surface area contributed by atoms with Gasteiger partial charge in [0.15, 0.2) is 0 Å². The molecule has 0 aliphatic carbocycles. The quantitative estimate of drug-likeness (QED) is 0.887. The number of carbonyl (C=O) groups is 1. The number of hydrogen-bond acceptors (Lipinski definition) is 4. The van der Waals surface area contributed by atoms with Crippen LogP contribution in [0.4, 0.5) is 10.2 Å². The van der Waals surface area contributed by atoms with Gasteiger partial charge in [0.05, 0.1) is 13.0 Å². The second-order valence-electron chi connectivity index (χ2n) is 6.03. The monoisotopic (exact) mass is 362 g/mol. The van der Waals surface area contributed by atoms with Crippen LogP contribution in [0.3, 0.4) is 0 Å². The fourth-order valence-corrected chi connectivity index (χ4v) is 3.10. The number of halogens is 2. The summed E-state index contributed by atoms with van der Waals surface area (Å²) in [7, 11) is 0. The second-order valence-corrected chi connectivity index (χ2v) is 6.44. The second kappa shape index (κ2) is 8.25. The summed E-state index contributed by atoms with van der Waals surface area (Å²) in [5, 5.41) is 2.97. The summed E-state index contributed by atoms with van der Waals surface area (Å²) in [5.41, 5.74) is 0.199. The molecule has 132 valence electrons. The average Bonchev–Trinajstić information content (AvgIpc) is 2.64. The minimum absolute atomic E-state index is 0.114. The molecule has 7 heteroatoms. The Morgan fingerprint density at radius 2 is 2.04 bits per heavy atom. The van der Waals surface area contributed by atoms with E-state index in [0.29, 0.717) is 5.82 Å². The Balaban J connectivity index is 1.58. The summed E-state index contributed by atoms with van der Waals surface area (Å²) in [6.45, 7) is 2.19. The zero-order chi connectivity index (χ0) is 17.6. The van der Waals surface area contributed by atoms with Crippen molar-refractivity contribution in [2.45, 2.75) is 32.2 Å². The summed E-state index contributed by atoms with van der Waals surface area (Å²) in [6, 6.07) is 6.26. The molecule has 0 saturated carbocycles. The highest BCUT2D eigenvalue weighted by Gasteiger charge is 2.14. The van der Waals surface area contributed by atoms with E-state index in [2.05, 4.69) is 20.2 Å². The van der Waals surface area contributed by atoms with Crippen LogP contribution in [0.15, 0.2) is 30.5 Å². The van der Waals surface area contributed by atoms with Gasteiger partial charge < -0.3 is 10.2 Å². The number of hydrogen-bond donors (Lipinski definition) is 1. The van der Waals surface area contributed by atoms with Crippen LogP contribution in [-0.4, -0.2) is 29.0 Å². The van der Waals surface area contributed by atoms with Gasteiger partial charge in [-0.05, 0) is 37.5 Å². The number of amides is 1. The molecule has 3 rings (SSSR count). The number of carbonyl (C=O) groups excluding carboxylic acids is 1. The molecule has 0 unspecified atom stereocenters. The third kappa shape index (κ3) is 4.66. The van der Waals surface area contributed by atoms with Gasteiger partial charge in [0.2, 0.25) is 5.91 Å². The molecule has 2 aromatic rings. The number of anilines is 1. The third-order valence-electron chi connectivity index (χ3n) is 4.21. The molecule has 0 radical (unpaired) electrons. The van der Waals surface area contributed by atoms with Gasteiger partial charge in [-0.15, -0.1) is 0 Å². The average molecular weight is 363 g/mol. The number of rotatable bonds is 5. The predicted octanol–water partition coefficient (Wildman–Crippen LogP) is 3.12. The molecule has 5 nitrogen and oxygen atoms in total. The molecule has 1 aliphatic heterocycles. The number of nitrogens with zero attached hydrogens (tertiary/aromatic N) is 3. The molecule has 25 heavy (non-hydrogen) atoms. The fourth-order valence-electron chi connectivity index (χ4n) is 2.87. The minimum Gasteiger partial charge on any atom is -0.357 e. The third-order valence-corrected chi connectivity index (χ3v) is 4.57. The standard InChI is InChI=1S/C18H20ClFN4O/c19-14-5-4-6-15(20)13(14)11-18(25)22-12-16-21-8-7-17(23-16)24-9-2-1-3-10-24/h4-8H,1-3,9-12H2,(H,22,25). The van der Waals surface area contributed by atoms with Gasteiger partial charge in [0, 0.05) is 29.9 Å². The Bertz CT molecular complexity index is 729. The SMILES string of the molecule is O=C(Cc1c(F)cccc1Cl)NCc1nccc(N2CCCCC2)n1. The first kappa shape index (κ1) is 17.6. The molecule has 1 amide bonds. The molecule has 1 saturated heterocycles. The minimum atomic E-state index is -0.481. The molecule has 0 atom stereocenters. The summed E-state index contributed by atoms with van der Waals surface area (Å²) >= 11 is 5.95. The summed E-state index contributed by atoms with van der Waals surface area (Å²) in [5.74, 6) is 0.622. The lowest BCUT2D eigenvalue weighted by Gasteiger charge is -2.27. The van der Waals surface area contributed by atoms with Crippen molar-refractivity contribution >= 4 is 23.3 Å². The van der Waals surface area contributed by atoms with Crippen LogP contribution < -0.4 is 10.2 Å². The molecule has 1 N–H and O–H groups in total. The highest BCUT2D eigenvalue weighted by molar-refractivity contribution is 6.31. The Kier molecular flexibility index (Phi) is 5.81. The number of piperidine rings is 1. The van der Waals surface area contributed by atoms with E-state index >= 15 is 0 Å². The highest BCUT2D eigenvalue weighted by atomic mass is 35.5. The predicted molar refractivity (Wildman–Crippen MR) is 95.1 cm³/mol. The molecule has 1 aliphatic rings. The van der Waals surface area contributed by atoms with Crippen LogP contribution in [-0.2, 0) is 17.8 Å². The normalized spacial score (nSPS) is 14.4. The van der Waals surface area contributed by atoms with Crippen molar-refractivity contribution in [3.05, 3.63) is 52.7 Å². The van der Waals surface area contributed by atoms with E-state index in [1.165, 1.54) is 31.4 Å². The number of aromatic nitrogens is 2. The molecular formula is C18H20ClFN4O. The lowest BCUT2D eigenvalue weighted by Crippen LogP contribution is -2.31. The van der Waals surface area contributed by atoms with Crippen molar-refractivity contribution in [2.24, 2.45) is 0 Å². The van der Waals surface area contributed by atoms with E-state index in [-0.39, 0.29) is 29.5 Å². The Labute approximate surface area is 151 Å². The Hall–Kier alpha value is -2.21. The lowest BCUT2D eigenvalue weighted by atomic mass is 10.1. The van der Waals surface area contributed by atoms with Gasteiger partial charge in [-0.1, -0.05) is 17.7 Å². The van der Waals surface area contributed by atoms with Crippen molar-refractivity contribution in [2.75, 3.05) is 18.0 Å². The summed E-state index contributed by atoms with van der Waals surface area (Å²) in [4.78, 5) is 23.0. The smallest absolute Gasteiger partial charge is 0.224 e. The molecule has 1 aromatic heterocycles. The summed E-state index contributed by atoms with van der Waals surface area (Å²) < 4.78 is 13.7. The molecule has 1 aromatic carbocycles. The van der Waals surface area contributed by atoms with Gasteiger partial charge >= 0.3 is 0 Å². The largest absolute Gasteiger partial charge is 0.357 e. The maximum absolute atomic E-state index is 13.7. The van der Waals surface area contributed by atoms with E-state index in [1.54, 1.807) is 12.3 Å². The van der Waals surface area contributed by atoms with Gasteiger partial charge in [-0.2, -0.15) is 0 Å².